The predicted octanol–water partition coefficient (Wildman–Crippen LogP) is 1.90. The smallest absolute Gasteiger partial charge is 0.239 e. The van der Waals surface area contributed by atoms with Gasteiger partial charge in [0.25, 0.3) is 0 Å². The third-order valence-corrected chi connectivity index (χ3v) is 3.52. The van der Waals surface area contributed by atoms with E-state index in [1.165, 1.54) is 6.07 Å². The maximum atomic E-state index is 14.3. The van der Waals surface area contributed by atoms with E-state index in [-0.39, 0.29) is 18.3 Å². The maximum Gasteiger partial charge on any atom is 0.239 e. The summed E-state index contributed by atoms with van der Waals surface area (Å²) in [5.41, 5.74) is 1.47. The second-order valence-corrected chi connectivity index (χ2v) is 5.90. The van der Waals surface area contributed by atoms with Crippen LogP contribution in [0.4, 0.5) is 10.1 Å². The topological polar surface area (TPSA) is 44.4 Å². The third kappa shape index (κ3) is 4.43. The first-order valence-electron chi connectivity index (χ1n) is 7.57. The Morgan fingerprint density at radius 2 is 2.24 bits per heavy atom. The van der Waals surface area contributed by atoms with E-state index in [1.54, 1.807) is 6.07 Å². The molecule has 4 nitrogen and oxygen atoms in total. The SMILES string of the molecule is CC(C)CNCc1cccc(F)c1N1CCCNC(=O)C1. The number of nitrogens with zero attached hydrogens (tertiary/aromatic N) is 1. The Labute approximate surface area is 125 Å². The first kappa shape index (κ1) is 15.8. The predicted molar refractivity (Wildman–Crippen MR) is 82.8 cm³/mol. The van der Waals surface area contributed by atoms with Crippen molar-refractivity contribution in [2.45, 2.75) is 26.8 Å². The highest BCUT2D eigenvalue weighted by molar-refractivity contribution is 5.82. The van der Waals surface area contributed by atoms with Gasteiger partial charge in [-0.15, -0.1) is 0 Å². The molecule has 116 valence electrons. The largest absolute Gasteiger partial charge is 0.360 e. The summed E-state index contributed by atoms with van der Waals surface area (Å²) in [6.45, 7) is 7.34. The Kier molecular flexibility index (Phi) is 5.56. The number of hydrogen-bond acceptors (Lipinski definition) is 3. The molecule has 0 radical (unpaired) electrons. The molecule has 0 aliphatic carbocycles. The molecule has 0 bridgehead atoms. The normalized spacial score (nSPS) is 16.0. The summed E-state index contributed by atoms with van der Waals surface area (Å²) < 4.78 is 14.3. The summed E-state index contributed by atoms with van der Waals surface area (Å²) in [7, 11) is 0. The van der Waals surface area contributed by atoms with Crippen LogP contribution in [0.15, 0.2) is 18.2 Å². The van der Waals surface area contributed by atoms with Gasteiger partial charge in [-0.2, -0.15) is 0 Å². The Hall–Kier alpha value is -1.62. The number of carbonyl (C=O) groups is 1. The number of nitrogens with one attached hydrogen (secondary N) is 2. The van der Waals surface area contributed by atoms with E-state index in [0.717, 1.165) is 18.5 Å². The van der Waals surface area contributed by atoms with Gasteiger partial charge >= 0.3 is 0 Å². The van der Waals surface area contributed by atoms with Gasteiger partial charge in [-0.05, 0) is 30.5 Å². The quantitative estimate of drug-likeness (QED) is 0.871. The van der Waals surface area contributed by atoms with E-state index in [4.69, 9.17) is 0 Å². The minimum atomic E-state index is -0.256. The van der Waals surface area contributed by atoms with E-state index in [2.05, 4.69) is 24.5 Å². The Morgan fingerprint density at radius 1 is 1.43 bits per heavy atom. The molecular formula is C16H24FN3O. The zero-order chi connectivity index (χ0) is 15.2. The average Bonchev–Trinajstić information content (AvgIpc) is 2.63. The van der Waals surface area contributed by atoms with Gasteiger partial charge in [-0.3, -0.25) is 4.79 Å². The molecule has 1 fully saturated rings. The molecule has 1 aliphatic heterocycles. The van der Waals surface area contributed by atoms with Gasteiger partial charge in [0.15, 0.2) is 0 Å². The molecule has 1 heterocycles. The summed E-state index contributed by atoms with van der Waals surface area (Å²) in [6.07, 6.45) is 0.832. The highest BCUT2D eigenvalue weighted by atomic mass is 19.1. The van der Waals surface area contributed by atoms with Crippen LogP contribution >= 0.6 is 0 Å². The molecule has 1 aliphatic rings. The second kappa shape index (κ2) is 7.41. The lowest BCUT2D eigenvalue weighted by molar-refractivity contribution is -0.119. The van der Waals surface area contributed by atoms with Crippen molar-refractivity contribution in [3.05, 3.63) is 29.6 Å². The minimum absolute atomic E-state index is 0.0446. The molecule has 0 aromatic heterocycles. The fourth-order valence-corrected chi connectivity index (χ4v) is 2.55. The van der Waals surface area contributed by atoms with E-state index in [0.29, 0.717) is 31.2 Å². The van der Waals surface area contributed by atoms with Crippen LogP contribution in [0.3, 0.4) is 0 Å². The maximum absolute atomic E-state index is 14.3. The Balaban J connectivity index is 2.17. The van der Waals surface area contributed by atoms with Crippen molar-refractivity contribution in [1.29, 1.82) is 0 Å². The number of halogens is 1. The van der Waals surface area contributed by atoms with Gasteiger partial charge in [0, 0.05) is 19.6 Å². The van der Waals surface area contributed by atoms with Gasteiger partial charge in [0.2, 0.25) is 5.91 Å². The van der Waals surface area contributed by atoms with Gasteiger partial charge < -0.3 is 15.5 Å². The van der Waals surface area contributed by atoms with Gasteiger partial charge in [-0.25, -0.2) is 4.39 Å². The van der Waals surface area contributed by atoms with Crippen molar-refractivity contribution in [2.24, 2.45) is 5.92 Å². The van der Waals surface area contributed by atoms with Crippen molar-refractivity contribution in [1.82, 2.24) is 10.6 Å². The number of hydrogen-bond donors (Lipinski definition) is 2. The van der Waals surface area contributed by atoms with Crippen LogP contribution in [0, 0.1) is 11.7 Å². The van der Waals surface area contributed by atoms with Crippen LogP contribution < -0.4 is 15.5 Å². The number of anilines is 1. The Bertz CT molecular complexity index is 490. The molecule has 0 spiro atoms. The summed E-state index contributed by atoms with van der Waals surface area (Å²) in [4.78, 5) is 13.6. The van der Waals surface area contributed by atoms with Crippen LogP contribution in [0.1, 0.15) is 25.8 Å². The van der Waals surface area contributed by atoms with Crippen molar-refractivity contribution in [3.8, 4) is 0 Å². The number of carbonyl (C=O) groups excluding carboxylic acids is 1. The number of benzene rings is 1. The number of rotatable bonds is 5. The third-order valence-electron chi connectivity index (χ3n) is 3.52. The molecule has 1 aromatic rings. The molecule has 2 N–H and O–H groups in total. The van der Waals surface area contributed by atoms with E-state index in [9.17, 15) is 9.18 Å². The number of amides is 1. The standard InChI is InChI=1S/C16H24FN3O/c1-12(2)9-18-10-13-5-3-6-14(17)16(13)20-8-4-7-19-15(21)11-20/h3,5-6,12,18H,4,7-11H2,1-2H3,(H,19,21). The molecule has 5 heteroatoms. The van der Waals surface area contributed by atoms with Gasteiger partial charge in [0.05, 0.1) is 12.2 Å². The zero-order valence-corrected chi connectivity index (χ0v) is 12.8. The van der Waals surface area contributed by atoms with E-state index in [1.807, 2.05) is 11.0 Å². The highest BCUT2D eigenvalue weighted by Gasteiger charge is 2.20. The van der Waals surface area contributed by atoms with Crippen molar-refractivity contribution in [2.75, 3.05) is 31.1 Å². The Morgan fingerprint density at radius 3 is 3.00 bits per heavy atom. The van der Waals surface area contributed by atoms with Crippen LogP contribution in [-0.4, -0.2) is 32.1 Å². The molecule has 21 heavy (non-hydrogen) atoms. The molecule has 0 saturated carbocycles. The van der Waals surface area contributed by atoms with Crippen molar-refractivity contribution >= 4 is 11.6 Å². The highest BCUT2D eigenvalue weighted by Crippen LogP contribution is 2.25. The summed E-state index contributed by atoms with van der Waals surface area (Å²) >= 11 is 0. The van der Waals surface area contributed by atoms with Gasteiger partial charge in [0.1, 0.15) is 5.82 Å². The molecule has 1 saturated heterocycles. The van der Waals surface area contributed by atoms with Crippen molar-refractivity contribution in [3.63, 3.8) is 0 Å². The lowest BCUT2D eigenvalue weighted by Gasteiger charge is -2.25. The first-order valence-corrected chi connectivity index (χ1v) is 7.57. The lowest BCUT2D eigenvalue weighted by Crippen LogP contribution is -2.34. The molecule has 2 rings (SSSR count). The first-order chi connectivity index (χ1) is 10.1. The van der Waals surface area contributed by atoms with Gasteiger partial charge in [-0.1, -0.05) is 26.0 Å². The van der Waals surface area contributed by atoms with Crippen LogP contribution in [0.25, 0.3) is 0 Å². The fourth-order valence-electron chi connectivity index (χ4n) is 2.55. The summed E-state index contributed by atoms with van der Waals surface area (Å²) in [6, 6.07) is 5.11. The molecule has 1 amide bonds. The molecular weight excluding hydrogens is 269 g/mol. The second-order valence-electron chi connectivity index (χ2n) is 5.90. The molecule has 1 aromatic carbocycles. The molecule has 0 atom stereocenters. The van der Waals surface area contributed by atoms with Crippen LogP contribution in [0.2, 0.25) is 0 Å². The van der Waals surface area contributed by atoms with Crippen LogP contribution in [0.5, 0.6) is 0 Å². The molecule has 0 unspecified atom stereocenters. The van der Waals surface area contributed by atoms with E-state index < -0.39 is 0 Å². The van der Waals surface area contributed by atoms with Crippen molar-refractivity contribution < 1.29 is 9.18 Å². The summed E-state index contributed by atoms with van der Waals surface area (Å²) in [5.74, 6) is 0.247. The number of para-hydroxylation sites is 1. The minimum Gasteiger partial charge on any atom is -0.360 e. The van der Waals surface area contributed by atoms with Crippen LogP contribution in [-0.2, 0) is 11.3 Å². The lowest BCUT2D eigenvalue weighted by atomic mass is 10.1. The zero-order valence-electron chi connectivity index (χ0n) is 12.8. The van der Waals surface area contributed by atoms with E-state index >= 15 is 0 Å². The fraction of sp³-hybridized carbons (Fsp3) is 0.562. The monoisotopic (exact) mass is 293 g/mol. The average molecular weight is 293 g/mol. The summed E-state index contributed by atoms with van der Waals surface area (Å²) in [5, 5.41) is 6.16.